The predicted octanol–water partition coefficient (Wildman–Crippen LogP) is 0.383. The molecule has 0 saturated carbocycles. The van der Waals surface area contributed by atoms with Gasteiger partial charge in [-0.15, -0.1) is 0 Å². The number of amides is 1. The van der Waals surface area contributed by atoms with Gasteiger partial charge in [-0.25, -0.2) is 4.98 Å². The molecule has 0 bridgehead atoms. The van der Waals surface area contributed by atoms with E-state index in [1.165, 1.54) is 12.1 Å². The number of carbonyl (C=O) groups excluding carboxylic acids is 1. The number of hydrogen-bond acceptors (Lipinski definition) is 6. The monoisotopic (exact) mass is 277 g/mol. The SMILES string of the molecule is Nc1cc([N+](=O)[O-])cc(N2CCN3C(=O)CCC3C2)n1. The van der Waals surface area contributed by atoms with Gasteiger partial charge in [0.05, 0.1) is 17.1 Å². The lowest BCUT2D eigenvalue weighted by molar-refractivity contribution is -0.384. The van der Waals surface area contributed by atoms with Crippen molar-refractivity contribution in [3.05, 3.63) is 22.2 Å². The van der Waals surface area contributed by atoms with Crippen LogP contribution in [0.2, 0.25) is 0 Å². The van der Waals surface area contributed by atoms with Gasteiger partial charge in [0.2, 0.25) is 5.91 Å². The van der Waals surface area contributed by atoms with Gasteiger partial charge in [-0.2, -0.15) is 0 Å². The molecular weight excluding hydrogens is 262 g/mol. The summed E-state index contributed by atoms with van der Waals surface area (Å²) in [5.41, 5.74) is 5.57. The highest BCUT2D eigenvalue weighted by atomic mass is 16.6. The second kappa shape index (κ2) is 4.62. The quantitative estimate of drug-likeness (QED) is 0.619. The standard InChI is InChI=1S/C12H15N5O3/c13-10-5-9(17(19)20)6-11(14-10)15-3-4-16-8(7-15)1-2-12(16)18/h5-6,8H,1-4,7H2,(H2,13,14). The Labute approximate surface area is 115 Å². The molecule has 20 heavy (non-hydrogen) atoms. The molecule has 1 unspecified atom stereocenters. The van der Waals surface area contributed by atoms with Crippen LogP contribution in [-0.4, -0.2) is 46.4 Å². The van der Waals surface area contributed by atoms with Gasteiger partial charge in [-0.1, -0.05) is 0 Å². The van der Waals surface area contributed by atoms with Crippen LogP contribution in [0.3, 0.4) is 0 Å². The van der Waals surface area contributed by atoms with E-state index in [4.69, 9.17) is 5.73 Å². The smallest absolute Gasteiger partial charge is 0.276 e. The summed E-state index contributed by atoms with van der Waals surface area (Å²) < 4.78 is 0. The second-order valence-electron chi connectivity index (χ2n) is 5.09. The maximum absolute atomic E-state index is 11.6. The Hall–Kier alpha value is -2.38. The minimum absolute atomic E-state index is 0.0579. The van der Waals surface area contributed by atoms with Crippen LogP contribution in [0, 0.1) is 10.1 Å². The first-order valence-corrected chi connectivity index (χ1v) is 6.51. The third-order valence-electron chi connectivity index (χ3n) is 3.85. The molecule has 2 aliphatic heterocycles. The number of nitro groups is 1. The Morgan fingerprint density at radius 1 is 1.40 bits per heavy atom. The molecule has 3 heterocycles. The Balaban J connectivity index is 1.83. The van der Waals surface area contributed by atoms with Crippen molar-refractivity contribution in [1.29, 1.82) is 0 Å². The number of nitrogens with zero attached hydrogens (tertiary/aromatic N) is 4. The minimum atomic E-state index is -0.475. The summed E-state index contributed by atoms with van der Waals surface area (Å²) in [6, 6.07) is 2.86. The third kappa shape index (κ3) is 2.13. The summed E-state index contributed by atoms with van der Waals surface area (Å²) in [7, 11) is 0. The van der Waals surface area contributed by atoms with E-state index in [0.717, 1.165) is 6.42 Å². The molecule has 0 aliphatic carbocycles. The summed E-state index contributed by atoms with van der Waals surface area (Å²) in [6.45, 7) is 1.91. The number of nitrogen functional groups attached to an aromatic ring is 1. The topological polar surface area (TPSA) is 106 Å². The fraction of sp³-hybridized carbons (Fsp3) is 0.500. The van der Waals surface area contributed by atoms with Crippen molar-refractivity contribution in [2.75, 3.05) is 30.3 Å². The third-order valence-corrected chi connectivity index (χ3v) is 3.85. The predicted molar refractivity (Wildman–Crippen MR) is 72.3 cm³/mol. The number of piperazine rings is 1. The summed E-state index contributed by atoms with van der Waals surface area (Å²) in [6.07, 6.45) is 1.42. The van der Waals surface area contributed by atoms with E-state index in [1.807, 2.05) is 9.80 Å². The van der Waals surface area contributed by atoms with Gasteiger partial charge in [0, 0.05) is 32.1 Å². The van der Waals surface area contributed by atoms with E-state index < -0.39 is 4.92 Å². The van der Waals surface area contributed by atoms with Gasteiger partial charge in [0.25, 0.3) is 5.69 Å². The van der Waals surface area contributed by atoms with Crippen LogP contribution in [0.25, 0.3) is 0 Å². The van der Waals surface area contributed by atoms with Crippen LogP contribution in [0.1, 0.15) is 12.8 Å². The zero-order chi connectivity index (χ0) is 14.3. The van der Waals surface area contributed by atoms with E-state index in [2.05, 4.69) is 4.98 Å². The Morgan fingerprint density at radius 3 is 2.95 bits per heavy atom. The molecule has 2 N–H and O–H groups in total. The molecule has 0 radical (unpaired) electrons. The lowest BCUT2D eigenvalue weighted by atomic mass is 10.1. The van der Waals surface area contributed by atoms with Gasteiger partial charge in [-0.05, 0) is 6.42 Å². The highest BCUT2D eigenvalue weighted by Crippen LogP contribution is 2.28. The van der Waals surface area contributed by atoms with E-state index in [-0.39, 0.29) is 23.5 Å². The van der Waals surface area contributed by atoms with Gasteiger partial charge in [0.15, 0.2) is 0 Å². The normalized spacial score (nSPS) is 22.0. The number of fused-ring (bicyclic) bond motifs is 1. The van der Waals surface area contributed by atoms with Crippen molar-refractivity contribution in [2.45, 2.75) is 18.9 Å². The van der Waals surface area contributed by atoms with Crippen LogP contribution in [0.5, 0.6) is 0 Å². The molecule has 0 aromatic carbocycles. The van der Waals surface area contributed by atoms with E-state index >= 15 is 0 Å². The van der Waals surface area contributed by atoms with Gasteiger partial charge >= 0.3 is 0 Å². The number of pyridine rings is 1. The van der Waals surface area contributed by atoms with E-state index in [0.29, 0.717) is 31.9 Å². The largest absolute Gasteiger partial charge is 0.383 e. The van der Waals surface area contributed by atoms with Crippen LogP contribution in [-0.2, 0) is 4.79 Å². The maximum atomic E-state index is 11.6. The second-order valence-corrected chi connectivity index (χ2v) is 5.09. The average Bonchev–Trinajstić information content (AvgIpc) is 2.79. The molecule has 106 valence electrons. The van der Waals surface area contributed by atoms with Gasteiger partial charge in [-0.3, -0.25) is 14.9 Å². The number of nitrogens with two attached hydrogens (primary N) is 1. The molecule has 3 rings (SSSR count). The first-order chi connectivity index (χ1) is 9.54. The number of rotatable bonds is 2. The number of carbonyl (C=O) groups is 1. The molecule has 2 saturated heterocycles. The van der Waals surface area contributed by atoms with Crippen molar-refractivity contribution in [3.63, 3.8) is 0 Å². The zero-order valence-corrected chi connectivity index (χ0v) is 10.9. The number of hydrogen-bond donors (Lipinski definition) is 1. The lowest BCUT2D eigenvalue weighted by Crippen LogP contribution is -2.51. The Bertz CT molecular complexity index is 576. The molecule has 8 nitrogen and oxygen atoms in total. The van der Waals surface area contributed by atoms with E-state index in [1.54, 1.807) is 0 Å². The summed E-state index contributed by atoms with van der Waals surface area (Å²) in [4.78, 5) is 30.0. The highest BCUT2D eigenvalue weighted by Gasteiger charge is 2.36. The molecular formula is C12H15N5O3. The summed E-state index contributed by atoms with van der Waals surface area (Å²) in [5, 5.41) is 10.9. The average molecular weight is 277 g/mol. The van der Waals surface area contributed by atoms with Crippen molar-refractivity contribution in [1.82, 2.24) is 9.88 Å². The van der Waals surface area contributed by atoms with Crippen molar-refractivity contribution < 1.29 is 9.72 Å². The van der Waals surface area contributed by atoms with Crippen molar-refractivity contribution >= 4 is 23.2 Å². The van der Waals surface area contributed by atoms with Crippen molar-refractivity contribution in [2.24, 2.45) is 0 Å². The van der Waals surface area contributed by atoms with Crippen LogP contribution >= 0.6 is 0 Å². The Morgan fingerprint density at radius 2 is 2.20 bits per heavy atom. The molecule has 1 amide bonds. The van der Waals surface area contributed by atoms with E-state index in [9.17, 15) is 14.9 Å². The molecule has 1 atom stereocenters. The van der Waals surface area contributed by atoms with Crippen LogP contribution in [0.4, 0.5) is 17.3 Å². The molecule has 2 fully saturated rings. The maximum Gasteiger partial charge on any atom is 0.276 e. The molecule has 0 spiro atoms. The summed E-state index contributed by atoms with van der Waals surface area (Å²) >= 11 is 0. The van der Waals surface area contributed by atoms with Crippen LogP contribution < -0.4 is 10.6 Å². The number of aromatic nitrogens is 1. The lowest BCUT2D eigenvalue weighted by Gasteiger charge is -2.38. The molecule has 1 aromatic heterocycles. The first-order valence-electron chi connectivity index (χ1n) is 6.51. The first kappa shape index (κ1) is 12.6. The van der Waals surface area contributed by atoms with Crippen molar-refractivity contribution in [3.8, 4) is 0 Å². The fourth-order valence-corrected chi connectivity index (χ4v) is 2.86. The zero-order valence-electron chi connectivity index (χ0n) is 10.9. The summed E-state index contributed by atoms with van der Waals surface area (Å²) in [5.74, 6) is 0.844. The fourth-order valence-electron chi connectivity index (χ4n) is 2.86. The highest BCUT2D eigenvalue weighted by molar-refractivity contribution is 5.79. The van der Waals surface area contributed by atoms with Gasteiger partial charge < -0.3 is 15.5 Å². The number of anilines is 2. The molecule has 8 heteroatoms. The molecule has 1 aromatic rings. The Kier molecular flexibility index (Phi) is 2.92. The molecule has 2 aliphatic rings. The minimum Gasteiger partial charge on any atom is -0.383 e. The van der Waals surface area contributed by atoms with Crippen LogP contribution in [0.15, 0.2) is 12.1 Å². The van der Waals surface area contributed by atoms with Gasteiger partial charge in [0.1, 0.15) is 11.6 Å².